The van der Waals surface area contributed by atoms with E-state index in [2.05, 4.69) is 13.2 Å². The summed E-state index contributed by atoms with van der Waals surface area (Å²) in [5, 5.41) is 15.5. The van der Waals surface area contributed by atoms with Gasteiger partial charge in [-0.3, -0.25) is 0 Å². The maximum absolute atomic E-state index is 12.1. The van der Waals surface area contributed by atoms with E-state index in [1.165, 1.54) is 0 Å². The predicted octanol–water partition coefficient (Wildman–Crippen LogP) is 1.68. The lowest BCUT2D eigenvalue weighted by Gasteiger charge is -2.21. The maximum atomic E-state index is 12.1. The molecule has 0 heterocycles. The molecule has 0 aromatic carbocycles. The first-order valence-corrected chi connectivity index (χ1v) is 3.52. The van der Waals surface area contributed by atoms with Crippen LogP contribution < -0.4 is 0 Å². The van der Waals surface area contributed by atoms with E-state index < -0.39 is 31.0 Å². The lowest BCUT2D eigenvalue weighted by Crippen LogP contribution is -2.46. The molecule has 0 aromatic heterocycles. The van der Waals surface area contributed by atoms with Crippen LogP contribution in [0.4, 0.5) is 26.3 Å². The molecule has 2 N–H and O–H groups in total. The molecule has 0 spiro atoms. The molecule has 0 aromatic rings. The third-order valence-corrected chi connectivity index (χ3v) is 1.18. The van der Waals surface area contributed by atoms with Gasteiger partial charge in [0, 0.05) is 0 Å². The Balaban J connectivity index is 0. The van der Waals surface area contributed by atoms with E-state index in [4.69, 9.17) is 10.2 Å². The van der Waals surface area contributed by atoms with Crippen LogP contribution in [0.1, 0.15) is 0 Å². The summed E-state index contributed by atoms with van der Waals surface area (Å²) in [6.07, 6.45) is -14.9. The molecular weight excluding hydrogens is 230 g/mol. The average Bonchev–Trinajstić information content (AvgIpc) is 2.16. The molecule has 0 saturated carbocycles. The summed E-state index contributed by atoms with van der Waals surface area (Å²) in [5.41, 5.74) is 0. The molecule has 0 amide bonds. The van der Waals surface area contributed by atoms with Gasteiger partial charge in [-0.15, -0.1) is 13.2 Å². The zero-order valence-corrected chi connectivity index (χ0v) is 7.39. The lowest BCUT2D eigenvalue weighted by atomic mass is 10.1. The molecule has 0 aliphatic carbocycles. The van der Waals surface area contributed by atoms with Crippen LogP contribution in [-0.4, -0.2) is 41.2 Å². The van der Waals surface area contributed by atoms with Gasteiger partial charge in [0.1, 0.15) is 0 Å². The number of rotatable bonds is 4. The van der Waals surface area contributed by atoms with E-state index in [0.29, 0.717) is 0 Å². The van der Waals surface area contributed by atoms with Crippen LogP contribution in [0, 0.1) is 0 Å². The van der Waals surface area contributed by atoms with Gasteiger partial charge in [-0.25, -0.2) is 22.0 Å². The summed E-state index contributed by atoms with van der Waals surface area (Å²) in [5.74, 6) is 0. The fourth-order valence-corrected chi connectivity index (χ4v) is 0.503. The van der Waals surface area contributed by atoms with Crippen molar-refractivity contribution in [1.29, 1.82) is 0 Å². The summed E-state index contributed by atoms with van der Waals surface area (Å²) in [6, 6.07) is -4.67. The van der Waals surface area contributed by atoms with Crippen LogP contribution in [0.25, 0.3) is 0 Å². The number of aliphatic hydroxyl groups is 2. The van der Waals surface area contributed by atoms with Crippen LogP contribution >= 0.6 is 0 Å². The van der Waals surface area contributed by atoms with E-state index >= 15 is 0 Å². The molecular formula is C7H10F6O2. The molecule has 0 fully saturated rings. The van der Waals surface area contributed by atoms with Gasteiger partial charge in [-0.2, -0.15) is 4.39 Å². The zero-order valence-electron chi connectivity index (χ0n) is 7.39. The van der Waals surface area contributed by atoms with Crippen molar-refractivity contribution < 1.29 is 36.6 Å². The highest BCUT2D eigenvalue weighted by molar-refractivity contribution is 4.82. The quantitative estimate of drug-likeness (QED) is 0.446. The van der Waals surface area contributed by atoms with Crippen LogP contribution in [0.3, 0.4) is 0 Å². The van der Waals surface area contributed by atoms with Gasteiger partial charge in [0.15, 0.2) is 12.3 Å². The molecule has 15 heavy (non-hydrogen) atoms. The Morgan fingerprint density at radius 2 is 1.20 bits per heavy atom. The molecule has 2 nitrogen and oxygen atoms in total. The smallest absolute Gasteiger partial charge is 0.338 e. The van der Waals surface area contributed by atoms with E-state index in [9.17, 15) is 26.3 Å². The minimum atomic E-state index is -4.67. The van der Waals surface area contributed by atoms with Gasteiger partial charge in [0.05, 0.1) is 0 Å². The Bertz CT molecular complexity index is 171. The van der Waals surface area contributed by atoms with Crippen molar-refractivity contribution >= 4 is 0 Å². The number of halogens is 6. The Morgan fingerprint density at radius 3 is 1.40 bits per heavy atom. The number of alkyl halides is 6. The second-order valence-corrected chi connectivity index (χ2v) is 2.26. The maximum Gasteiger partial charge on any atom is 0.350 e. The normalized spacial score (nSPS) is 17.7. The van der Waals surface area contributed by atoms with Crippen LogP contribution in [0.2, 0.25) is 0 Å². The highest BCUT2D eigenvalue weighted by Crippen LogP contribution is 2.24. The van der Waals surface area contributed by atoms with Crippen molar-refractivity contribution in [1.82, 2.24) is 0 Å². The predicted molar refractivity (Wildman–Crippen MR) is 40.2 cm³/mol. The Labute approximate surface area is 81.8 Å². The van der Waals surface area contributed by atoms with Crippen LogP contribution in [0.5, 0.6) is 0 Å². The monoisotopic (exact) mass is 240 g/mol. The van der Waals surface area contributed by atoms with Crippen LogP contribution in [-0.2, 0) is 0 Å². The van der Waals surface area contributed by atoms with E-state index in [0.717, 1.165) is 0 Å². The first-order chi connectivity index (χ1) is 6.68. The van der Waals surface area contributed by atoms with Gasteiger partial charge >= 0.3 is 6.04 Å². The van der Waals surface area contributed by atoms with Crippen molar-refractivity contribution in [2.24, 2.45) is 0 Å². The number of hydrogen-bond acceptors (Lipinski definition) is 2. The Morgan fingerprint density at radius 1 is 0.867 bits per heavy atom. The van der Waals surface area contributed by atoms with Crippen molar-refractivity contribution in [2.45, 2.75) is 31.0 Å². The van der Waals surface area contributed by atoms with Gasteiger partial charge in [0.2, 0.25) is 6.17 Å². The summed E-state index contributed by atoms with van der Waals surface area (Å²) < 4.78 is 70.6. The SMILES string of the molecule is C=C.OC(O)(F)C(F)C(F)C(F)C(F)F. The van der Waals surface area contributed by atoms with E-state index in [1.807, 2.05) is 0 Å². The molecule has 3 unspecified atom stereocenters. The third kappa shape index (κ3) is 5.63. The molecule has 8 heteroatoms. The highest BCUT2D eigenvalue weighted by Gasteiger charge is 2.48. The van der Waals surface area contributed by atoms with E-state index in [-0.39, 0.29) is 0 Å². The summed E-state index contributed by atoms with van der Waals surface area (Å²) in [6.45, 7) is 6.00. The molecule has 0 aliphatic heterocycles. The average molecular weight is 240 g/mol. The standard InChI is InChI=1S/C5H6F6O2.C2H4/c6-1(2(7)4(9)10)3(8)5(11,12)13;1-2/h1-4,12-13H;1-2H2. The van der Waals surface area contributed by atoms with Gasteiger partial charge in [-0.05, 0) is 0 Å². The topological polar surface area (TPSA) is 40.5 Å². The molecule has 3 atom stereocenters. The molecule has 0 saturated heterocycles. The van der Waals surface area contributed by atoms with Crippen LogP contribution in [0.15, 0.2) is 13.2 Å². The first-order valence-electron chi connectivity index (χ1n) is 3.52. The minimum Gasteiger partial charge on any atom is -0.338 e. The summed E-state index contributed by atoms with van der Waals surface area (Å²) in [4.78, 5) is 0. The molecule has 0 rings (SSSR count). The molecule has 0 bridgehead atoms. The largest absolute Gasteiger partial charge is 0.350 e. The molecule has 0 aliphatic rings. The minimum absolute atomic E-state index is 3.00. The lowest BCUT2D eigenvalue weighted by molar-refractivity contribution is -0.307. The Hall–Kier alpha value is -0.760. The summed E-state index contributed by atoms with van der Waals surface area (Å²) >= 11 is 0. The van der Waals surface area contributed by atoms with E-state index in [1.54, 1.807) is 0 Å². The fraction of sp³-hybridized carbons (Fsp3) is 0.714. The third-order valence-electron chi connectivity index (χ3n) is 1.18. The second kappa shape index (κ2) is 6.67. The zero-order chi connectivity index (χ0) is 12.8. The van der Waals surface area contributed by atoms with Gasteiger partial charge in [0.25, 0.3) is 6.43 Å². The van der Waals surface area contributed by atoms with Crippen molar-refractivity contribution in [2.75, 3.05) is 0 Å². The second-order valence-electron chi connectivity index (χ2n) is 2.26. The van der Waals surface area contributed by atoms with Gasteiger partial charge < -0.3 is 10.2 Å². The van der Waals surface area contributed by atoms with Crippen molar-refractivity contribution in [3.05, 3.63) is 13.2 Å². The van der Waals surface area contributed by atoms with Crippen molar-refractivity contribution in [3.8, 4) is 0 Å². The fourth-order valence-electron chi connectivity index (χ4n) is 0.503. The first kappa shape index (κ1) is 16.7. The summed E-state index contributed by atoms with van der Waals surface area (Å²) in [7, 11) is 0. The van der Waals surface area contributed by atoms with Gasteiger partial charge in [-0.1, -0.05) is 0 Å². The molecule has 0 radical (unpaired) electrons. The Kier molecular flexibility index (Phi) is 7.41. The highest BCUT2D eigenvalue weighted by atomic mass is 19.3. The van der Waals surface area contributed by atoms with Crippen molar-refractivity contribution in [3.63, 3.8) is 0 Å². The molecule has 92 valence electrons. The number of hydrogen-bond donors (Lipinski definition) is 2.